The highest BCUT2D eigenvalue weighted by molar-refractivity contribution is 5.41. The third kappa shape index (κ3) is 1.93. The highest BCUT2D eigenvalue weighted by atomic mass is 19.1. The molecule has 0 saturated carbocycles. The van der Waals surface area contributed by atoms with E-state index in [2.05, 4.69) is 29.6 Å². The monoisotopic (exact) mass is 241 g/mol. The standard InChI is InChI=1S/C16H16FN/c1-11-8-12(6-7-16(11)17)15-10-18-9-13-4-2-3-5-14(13)15/h2-8,15,18H,9-10H2,1H3. The first-order valence-corrected chi connectivity index (χ1v) is 6.30. The van der Waals surface area contributed by atoms with Crippen molar-refractivity contribution in [3.63, 3.8) is 0 Å². The van der Waals surface area contributed by atoms with E-state index in [9.17, 15) is 4.39 Å². The van der Waals surface area contributed by atoms with Gasteiger partial charge in [0.15, 0.2) is 0 Å². The number of fused-ring (bicyclic) bond motifs is 1. The number of aryl methyl sites for hydroxylation is 1. The first kappa shape index (κ1) is 11.4. The number of hydrogen-bond donors (Lipinski definition) is 1. The second-order valence-electron chi connectivity index (χ2n) is 4.89. The van der Waals surface area contributed by atoms with Crippen molar-refractivity contribution in [2.24, 2.45) is 0 Å². The van der Waals surface area contributed by atoms with E-state index < -0.39 is 0 Å². The normalized spacial score (nSPS) is 18.4. The minimum absolute atomic E-state index is 0.129. The summed E-state index contributed by atoms with van der Waals surface area (Å²) >= 11 is 0. The smallest absolute Gasteiger partial charge is 0.126 e. The van der Waals surface area contributed by atoms with E-state index in [1.54, 1.807) is 6.07 Å². The Balaban J connectivity index is 2.05. The van der Waals surface area contributed by atoms with E-state index in [0.29, 0.717) is 5.92 Å². The number of halogens is 1. The van der Waals surface area contributed by atoms with Gasteiger partial charge in [0.05, 0.1) is 0 Å². The van der Waals surface area contributed by atoms with Crippen LogP contribution in [0.2, 0.25) is 0 Å². The molecule has 18 heavy (non-hydrogen) atoms. The van der Waals surface area contributed by atoms with Gasteiger partial charge in [-0.3, -0.25) is 0 Å². The minimum atomic E-state index is -0.129. The van der Waals surface area contributed by atoms with E-state index >= 15 is 0 Å². The predicted octanol–water partition coefficient (Wildman–Crippen LogP) is 3.37. The van der Waals surface area contributed by atoms with Gasteiger partial charge in [-0.2, -0.15) is 0 Å². The van der Waals surface area contributed by atoms with Crippen molar-refractivity contribution in [1.29, 1.82) is 0 Å². The topological polar surface area (TPSA) is 12.0 Å². The maximum Gasteiger partial charge on any atom is 0.126 e. The van der Waals surface area contributed by atoms with Crippen molar-refractivity contribution < 1.29 is 4.39 Å². The average molecular weight is 241 g/mol. The second-order valence-corrected chi connectivity index (χ2v) is 4.89. The molecular formula is C16H16FN. The van der Waals surface area contributed by atoms with Crippen LogP contribution in [0.25, 0.3) is 0 Å². The first-order valence-electron chi connectivity index (χ1n) is 6.30. The molecule has 0 aliphatic carbocycles. The molecule has 1 nitrogen and oxygen atoms in total. The van der Waals surface area contributed by atoms with Gasteiger partial charge in [-0.15, -0.1) is 0 Å². The summed E-state index contributed by atoms with van der Waals surface area (Å²) in [5.74, 6) is 0.199. The molecule has 0 saturated heterocycles. The predicted molar refractivity (Wildman–Crippen MR) is 71.1 cm³/mol. The zero-order chi connectivity index (χ0) is 12.5. The van der Waals surface area contributed by atoms with Gasteiger partial charge >= 0.3 is 0 Å². The van der Waals surface area contributed by atoms with Crippen LogP contribution in [0, 0.1) is 12.7 Å². The Morgan fingerprint density at radius 2 is 2.00 bits per heavy atom. The van der Waals surface area contributed by atoms with Crippen molar-refractivity contribution >= 4 is 0 Å². The van der Waals surface area contributed by atoms with Crippen LogP contribution in [0.15, 0.2) is 42.5 Å². The van der Waals surface area contributed by atoms with E-state index in [1.165, 1.54) is 16.7 Å². The Morgan fingerprint density at radius 1 is 1.17 bits per heavy atom. The molecule has 1 aliphatic heterocycles. The van der Waals surface area contributed by atoms with Crippen molar-refractivity contribution in [3.8, 4) is 0 Å². The summed E-state index contributed by atoms with van der Waals surface area (Å²) < 4.78 is 13.3. The fourth-order valence-corrected chi connectivity index (χ4v) is 2.68. The second kappa shape index (κ2) is 4.54. The summed E-state index contributed by atoms with van der Waals surface area (Å²) in [4.78, 5) is 0. The van der Waals surface area contributed by atoms with E-state index in [4.69, 9.17) is 0 Å². The van der Waals surface area contributed by atoms with Crippen LogP contribution in [0.3, 0.4) is 0 Å². The van der Waals surface area contributed by atoms with Crippen LogP contribution in [0.4, 0.5) is 4.39 Å². The number of benzene rings is 2. The molecule has 2 aromatic rings. The Kier molecular flexibility index (Phi) is 2.88. The molecule has 0 bridgehead atoms. The molecule has 2 heteroatoms. The molecule has 0 amide bonds. The van der Waals surface area contributed by atoms with Gasteiger partial charge in [0.1, 0.15) is 5.82 Å². The lowest BCUT2D eigenvalue weighted by Crippen LogP contribution is -2.28. The molecule has 92 valence electrons. The van der Waals surface area contributed by atoms with Crippen LogP contribution < -0.4 is 5.32 Å². The van der Waals surface area contributed by atoms with Crippen molar-refractivity contribution in [2.75, 3.05) is 6.54 Å². The summed E-state index contributed by atoms with van der Waals surface area (Å²) in [7, 11) is 0. The third-order valence-electron chi connectivity index (χ3n) is 3.68. The van der Waals surface area contributed by atoms with Crippen molar-refractivity contribution in [1.82, 2.24) is 5.32 Å². The molecule has 1 N–H and O–H groups in total. The van der Waals surface area contributed by atoms with E-state index in [-0.39, 0.29) is 5.82 Å². The maximum absolute atomic E-state index is 13.3. The summed E-state index contributed by atoms with van der Waals surface area (Å²) in [5.41, 5.74) is 4.61. The van der Waals surface area contributed by atoms with Gasteiger partial charge in [0, 0.05) is 19.0 Å². The molecule has 1 atom stereocenters. The largest absolute Gasteiger partial charge is 0.312 e. The summed E-state index contributed by atoms with van der Waals surface area (Å²) in [5, 5.41) is 3.43. The quantitative estimate of drug-likeness (QED) is 0.807. The molecule has 1 heterocycles. The molecule has 3 rings (SSSR count). The van der Waals surface area contributed by atoms with Gasteiger partial charge < -0.3 is 5.32 Å². The SMILES string of the molecule is Cc1cc(C2CNCc3ccccc32)ccc1F. The Labute approximate surface area is 107 Å². The number of hydrogen-bond acceptors (Lipinski definition) is 1. The summed E-state index contributed by atoms with van der Waals surface area (Å²) in [6.07, 6.45) is 0. The van der Waals surface area contributed by atoms with Crippen LogP contribution in [-0.2, 0) is 6.54 Å². The molecular weight excluding hydrogens is 225 g/mol. The molecule has 0 spiro atoms. The summed E-state index contributed by atoms with van der Waals surface area (Å²) in [6.45, 7) is 3.66. The molecule has 2 aromatic carbocycles. The lowest BCUT2D eigenvalue weighted by Gasteiger charge is -2.27. The molecule has 0 radical (unpaired) electrons. The zero-order valence-corrected chi connectivity index (χ0v) is 10.4. The van der Waals surface area contributed by atoms with Gasteiger partial charge in [-0.1, -0.05) is 36.4 Å². The van der Waals surface area contributed by atoms with Crippen LogP contribution in [0.5, 0.6) is 0 Å². The molecule has 1 unspecified atom stereocenters. The van der Waals surface area contributed by atoms with E-state index in [1.807, 2.05) is 19.1 Å². The van der Waals surface area contributed by atoms with Gasteiger partial charge in [-0.25, -0.2) is 4.39 Å². The number of nitrogens with one attached hydrogen (secondary N) is 1. The molecule has 1 aliphatic rings. The van der Waals surface area contributed by atoms with Crippen molar-refractivity contribution in [3.05, 3.63) is 70.5 Å². The van der Waals surface area contributed by atoms with Gasteiger partial charge in [0.25, 0.3) is 0 Å². The average Bonchev–Trinajstić information content (AvgIpc) is 2.41. The highest BCUT2D eigenvalue weighted by Gasteiger charge is 2.21. The first-order chi connectivity index (χ1) is 8.75. The minimum Gasteiger partial charge on any atom is -0.312 e. The van der Waals surface area contributed by atoms with Gasteiger partial charge in [0.2, 0.25) is 0 Å². The zero-order valence-electron chi connectivity index (χ0n) is 10.4. The van der Waals surface area contributed by atoms with Crippen LogP contribution in [0.1, 0.15) is 28.2 Å². The Hall–Kier alpha value is -1.67. The highest BCUT2D eigenvalue weighted by Crippen LogP contribution is 2.30. The lowest BCUT2D eigenvalue weighted by atomic mass is 9.85. The molecule has 0 aromatic heterocycles. The van der Waals surface area contributed by atoms with E-state index in [0.717, 1.165) is 18.7 Å². The summed E-state index contributed by atoms with van der Waals surface area (Å²) in [6, 6.07) is 13.9. The fourth-order valence-electron chi connectivity index (χ4n) is 2.68. The Bertz CT molecular complexity index is 577. The Morgan fingerprint density at radius 3 is 2.83 bits per heavy atom. The number of rotatable bonds is 1. The van der Waals surface area contributed by atoms with Gasteiger partial charge in [-0.05, 0) is 35.2 Å². The fraction of sp³-hybridized carbons (Fsp3) is 0.250. The lowest BCUT2D eigenvalue weighted by molar-refractivity contribution is 0.586. The maximum atomic E-state index is 13.3. The third-order valence-corrected chi connectivity index (χ3v) is 3.68. The molecule has 0 fully saturated rings. The van der Waals surface area contributed by atoms with Crippen LogP contribution >= 0.6 is 0 Å². The van der Waals surface area contributed by atoms with Crippen molar-refractivity contribution in [2.45, 2.75) is 19.4 Å². The van der Waals surface area contributed by atoms with Crippen LogP contribution in [-0.4, -0.2) is 6.54 Å².